The van der Waals surface area contributed by atoms with Crippen LogP contribution >= 0.6 is 0 Å². The summed E-state index contributed by atoms with van der Waals surface area (Å²) in [5.41, 5.74) is 7.04. The van der Waals surface area contributed by atoms with Crippen molar-refractivity contribution < 1.29 is 14.6 Å². The van der Waals surface area contributed by atoms with Gasteiger partial charge in [-0.05, 0) is 30.3 Å². The Morgan fingerprint density at radius 1 is 1.40 bits per heavy atom. The van der Waals surface area contributed by atoms with Crippen molar-refractivity contribution in [3.05, 3.63) is 47.8 Å². The molecule has 0 fully saturated rings. The van der Waals surface area contributed by atoms with Gasteiger partial charge in [-0.15, -0.1) is 0 Å². The minimum atomic E-state index is -0.501. The molecule has 0 radical (unpaired) electrons. The molecule has 0 saturated carbocycles. The highest BCUT2D eigenvalue weighted by molar-refractivity contribution is 5.94. The van der Waals surface area contributed by atoms with Crippen LogP contribution in [0.3, 0.4) is 0 Å². The number of anilines is 1. The van der Waals surface area contributed by atoms with Gasteiger partial charge in [-0.25, -0.2) is 0 Å². The largest absolute Gasteiger partial charge is 0.506 e. The third kappa shape index (κ3) is 3.17. The van der Waals surface area contributed by atoms with E-state index in [1.807, 2.05) is 0 Å². The van der Waals surface area contributed by atoms with Crippen molar-refractivity contribution in [2.75, 3.05) is 12.4 Å². The van der Waals surface area contributed by atoms with Crippen LogP contribution in [-0.4, -0.2) is 23.1 Å². The van der Waals surface area contributed by atoms with Crippen LogP contribution < -0.4 is 15.8 Å². The molecule has 1 amide bonds. The molecule has 0 aliphatic rings. The van der Waals surface area contributed by atoms with Crippen molar-refractivity contribution in [3.63, 3.8) is 0 Å². The first-order valence-electron chi connectivity index (χ1n) is 5.96. The standard InChI is InChI=1S/C14H15N3O3/c1-20-13-5-2-9(14(15)19)6-12(13)17-7-10-3-4-11(18)8-16-10/h2-6,8,17-18H,7H2,1H3,(H2,15,19). The Morgan fingerprint density at radius 3 is 2.80 bits per heavy atom. The Bertz CT molecular complexity index is 612. The van der Waals surface area contributed by atoms with Gasteiger partial charge < -0.3 is 20.9 Å². The summed E-state index contributed by atoms with van der Waals surface area (Å²) in [6, 6.07) is 8.16. The van der Waals surface area contributed by atoms with Crippen molar-refractivity contribution in [2.24, 2.45) is 5.73 Å². The lowest BCUT2D eigenvalue weighted by Gasteiger charge is -2.12. The van der Waals surface area contributed by atoms with E-state index in [0.29, 0.717) is 23.5 Å². The smallest absolute Gasteiger partial charge is 0.248 e. The number of aromatic nitrogens is 1. The van der Waals surface area contributed by atoms with Crippen LogP contribution in [0.15, 0.2) is 36.5 Å². The predicted molar refractivity (Wildman–Crippen MR) is 74.7 cm³/mol. The molecule has 1 aromatic carbocycles. The highest BCUT2D eigenvalue weighted by Crippen LogP contribution is 2.25. The van der Waals surface area contributed by atoms with Crippen LogP contribution in [0.25, 0.3) is 0 Å². The van der Waals surface area contributed by atoms with Crippen molar-refractivity contribution in [1.82, 2.24) is 4.98 Å². The molecule has 104 valence electrons. The maximum absolute atomic E-state index is 11.2. The fourth-order valence-electron chi connectivity index (χ4n) is 1.71. The number of benzene rings is 1. The average Bonchev–Trinajstić information content (AvgIpc) is 2.46. The molecule has 1 heterocycles. The fourth-order valence-corrected chi connectivity index (χ4v) is 1.71. The van der Waals surface area contributed by atoms with Gasteiger partial charge in [0.15, 0.2) is 0 Å². The lowest BCUT2D eigenvalue weighted by atomic mass is 10.1. The number of nitrogens with zero attached hydrogens (tertiary/aromatic N) is 1. The van der Waals surface area contributed by atoms with Crippen LogP contribution in [0.2, 0.25) is 0 Å². The molecule has 0 spiro atoms. The number of ether oxygens (including phenoxy) is 1. The first-order chi connectivity index (χ1) is 9.60. The van der Waals surface area contributed by atoms with E-state index < -0.39 is 5.91 Å². The van der Waals surface area contributed by atoms with Gasteiger partial charge in [0.05, 0.1) is 31.2 Å². The van der Waals surface area contributed by atoms with E-state index in [9.17, 15) is 4.79 Å². The topological polar surface area (TPSA) is 97.5 Å². The molecule has 0 bridgehead atoms. The Kier molecular flexibility index (Phi) is 4.05. The molecule has 20 heavy (non-hydrogen) atoms. The number of nitrogens with two attached hydrogens (primary N) is 1. The highest BCUT2D eigenvalue weighted by Gasteiger charge is 2.07. The van der Waals surface area contributed by atoms with E-state index in [-0.39, 0.29) is 5.75 Å². The molecule has 4 N–H and O–H groups in total. The maximum atomic E-state index is 11.2. The minimum absolute atomic E-state index is 0.113. The number of amides is 1. The number of pyridine rings is 1. The molecule has 0 atom stereocenters. The molecule has 0 aliphatic carbocycles. The van der Waals surface area contributed by atoms with E-state index in [0.717, 1.165) is 5.69 Å². The number of hydrogen-bond acceptors (Lipinski definition) is 5. The second kappa shape index (κ2) is 5.92. The van der Waals surface area contributed by atoms with E-state index in [2.05, 4.69) is 10.3 Å². The quantitative estimate of drug-likeness (QED) is 0.767. The molecular weight excluding hydrogens is 258 g/mol. The average molecular weight is 273 g/mol. The molecule has 0 saturated heterocycles. The number of nitrogens with one attached hydrogen (secondary N) is 1. The van der Waals surface area contributed by atoms with Gasteiger partial charge in [0.1, 0.15) is 11.5 Å². The monoisotopic (exact) mass is 273 g/mol. The summed E-state index contributed by atoms with van der Waals surface area (Å²) in [6.07, 6.45) is 1.37. The van der Waals surface area contributed by atoms with Gasteiger partial charge in [-0.3, -0.25) is 9.78 Å². The second-order valence-electron chi connectivity index (χ2n) is 4.14. The Hall–Kier alpha value is -2.76. The number of hydrogen-bond donors (Lipinski definition) is 3. The van der Waals surface area contributed by atoms with Crippen molar-refractivity contribution in [2.45, 2.75) is 6.54 Å². The van der Waals surface area contributed by atoms with Crippen LogP contribution in [0.4, 0.5) is 5.69 Å². The SMILES string of the molecule is COc1ccc(C(N)=O)cc1NCc1ccc(O)cn1. The molecule has 6 heteroatoms. The van der Waals surface area contributed by atoms with Crippen molar-refractivity contribution in [3.8, 4) is 11.5 Å². The Morgan fingerprint density at radius 2 is 2.20 bits per heavy atom. The van der Waals surface area contributed by atoms with Crippen molar-refractivity contribution in [1.29, 1.82) is 0 Å². The van der Waals surface area contributed by atoms with Gasteiger partial charge in [0.2, 0.25) is 5.91 Å². The van der Waals surface area contributed by atoms with E-state index in [1.54, 1.807) is 37.4 Å². The normalized spacial score (nSPS) is 10.1. The second-order valence-corrected chi connectivity index (χ2v) is 4.14. The van der Waals surface area contributed by atoms with Crippen LogP contribution in [0.5, 0.6) is 11.5 Å². The van der Waals surface area contributed by atoms with Gasteiger partial charge in [0, 0.05) is 5.56 Å². The zero-order valence-corrected chi connectivity index (χ0v) is 11.0. The van der Waals surface area contributed by atoms with Gasteiger partial charge in [-0.1, -0.05) is 0 Å². The summed E-state index contributed by atoms with van der Waals surface area (Å²) in [5.74, 6) is 0.217. The fraction of sp³-hybridized carbons (Fsp3) is 0.143. The number of rotatable bonds is 5. The highest BCUT2D eigenvalue weighted by atomic mass is 16.5. The van der Waals surface area contributed by atoms with E-state index in [1.165, 1.54) is 6.20 Å². The molecule has 1 aromatic heterocycles. The molecule has 2 rings (SSSR count). The van der Waals surface area contributed by atoms with Gasteiger partial charge >= 0.3 is 0 Å². The first-order valence-corrected chi connectivity index (χ1v) is 5.96. The van der Waals surface area contributed by atoms with Crippen LogP contribution in [0, 0.1) is 0 Å². The molecule has 6 nitrogen and oxygen atoms in total. The summed E-state index contributed by atoms with van der Waals surface area (Å²) in [6.45, 7) is 0.429. The molecule has 0 unspecified atom stereocenters. The summed E-state index contributed by atoms with van der Waals surface area (Å²) in [4.78, 5) is 15.2. The van der Waals surface area contributed by atoms with E-state index >= 15 is 0 Å². The van der Waals surface area contributed by atoms with Gasteiger partial charge in [-0.2, -0.15) is 0 Å². The number of methoxy groups -OCH3 is 1. The Labute approximate surface area is 116 Å². The van der Waals surface area contributed by atoms with Crippen molar-refractivity contribution >= 4 is 11.6 Å². The van der Waals surface area contributed by atoms with E-state index in [4.69, 9.17) is 15.6 Å². The number of aromatic hydroxyl groups is 1. The van der Waals surface area contributed by atoms with Crippen LogP contribution in [-0.2, 0) is 6.54 Å². The molecule has 0 aliphatic heterocycles. The zero-order valence-electron chi connectivity index (χ0n) is 11.0. The minimum Gasteiger partial charge on any atom is -0.506 e. The summed E-state index contributed by atoms with van der Waals surface area (Å²) < 4.78 is 5.21. The third-order valence-corrected chi connectivity index (χ3v) is 2.75. The Balaban J connectivity index is 2.16. The zero-order chi connectivity index (χ0) is 14.5. The molecule has 2 aromatic rings. The predicted octanol–water partition coefficient (Wildman–Crippen LogP) is 1.51. The lowest BCUT2D eigenvalue weighted by molar-refractivity contribution is 0.100. The number of primary amides is 1. The number of carbonyl (C=O) groups excluding carboxylic acids is 1. The maximum Gasteiger partial charge on any atom is 0.248 e. The molecular formula is C14H15N3O3. The first kappa shape index (κ1) is 13.7. The summed E-state index contributed by atoms with van der Waals surface area (Å²) in [5, 5.41) is 12.3. The van der Waals surface area contributed by atoms with Crippen LogP contribution in [0.1, 0.15) is 16.1 Å². The third-order valence-electron chi connectivity index (χ3n) is 2.75. The number of carbonyl (C=O) groups is 1. The lowest BCUT2D eigenvalue weighted by Crippen LogP contribution is -2.12. The van der Waals surface area contributed by atoms with Gasteiger partial charge in [0.25, 0.3) is 0 Å². The summed E-state index contributed by atoms with van der Waals surface area (Å²) in [7, 11) is 1.54. The summed E-state index contributed by atoms with van der Waals surface area (Å²) >= 11 is 0.